The normalized spacial score (nSPS) is 10.1. The molecule has 1 heterocycles. The average molecular weight is 202 g/mol. The molecule has 0 unspecified atom stereocenters. The van der Waals surface area contributed by atoms with Gasteiger partial charge in [0.1, 0.15) is 0 Å². The number of aromatic nitrogens is 2. The van der Waals surface area contributed by atoms with Crippen LogP contribution in [0.25, 0.3) is 5.69 Å². The number of anilines is 1. The molecule has 1 amide bonds. The molecule has 0 saturated heterocycles. The van der Waals surface area contributed by atoms with Gasteiger partial charge >= 0.3 is 0 Å². The van der Waals surface area contributed by atoms with Crippen LogP contribution in [0.4, 0.5) is 5.69 Å². The summed E-state index contributed by atoms with van der Waals surface area (Å²) in [6, 6.07) is 5.03. The molecule has 0 fully saturated rings. The van der Waals surface area contributed by atoms with Crippen molar-refractivity contribution in [1.82, 2.24) is 9.55 Å². The summed E-state index contributed by atoms with van der Waals surface area (Å²) < 4.78 is 1.66. The van der Waals surface area contributed by atoms with Crippen molar-refractivity contribution in [2.24, 2.45) is 5.73 Å². The van der Waals surface area contributed by atoms with Gasteiger partial charge in [-0.15, -0.1) is 0 Å². The maximum absolute atomic E-state index is 11.2. The maximum atomic E-state index is 11.2. The number of nitrogen functional groups attached to an aromatic ring is 1. The van der Waals surface area contributed by atoms with Gasteiger partial charge in [-0.1, -0.05) is 6.07 Å². The zero-order valence-corrected chi connectivity index (χ0v) is 7.92. The number of amides is 1. The van der Waals surface area contributed by atoms with Gasteiger partial charge in [0.25, 0.3) is 5.91 Å². The number of hydrogen-bond acceptors (Lipinski definition) is 3. The number of para-hydroxylation sites is 1. The van der Waals surface area contributed by atoms with Crippen molar-refractivity contribution in [3.05, 3.63) is 42.5 Å². The molecular formula is C10H10N4O. The van der Waals surface area contributed by atoms with E-state index < -0.39 is 5.91 Å². The van der Waals surface area contributed by atoms with Crippen molar-refractivity contribution in [3.63, 3.8) is 0 Å². The lowest BCUT2D eigenvalue weighted by molar-refractivity contribution is 0.100. The van der Waals surface area contributed by atoms with Gasteiger partial charge in [0, 0.05) is 12.4 Å². The molecule has 0 aliphatic carbocycles. The highest BCUT2D eigenvalue weighted by Crippen LogP contribution is 2.21. The van der Waals surface area contributed by atoms with Crippen molar-refractivity contribution >= 4 is 11.6 Å². The Hall–Kier alpha value is -2.30. The summed E-state index contributed by atoms with van der Waals surface area (Å²) in [4.78, 5) is 15.1. The fourth-order valence-corrected chi connectivity index (χ4v) is 1.44. The van der Waals surface area contributed by atoms with Crippen LogP contribution in [0.15, 0.2) is 36.9 Å². The van der Waals surface area contributed by atoms with Gasteiger partial charge in [0.05, 0.1) is 23.3 Å². The number of primary amides is 1. The van der Waals surface area contributed by atoms with E-state index in [4.69, 9.17) is 11.5 Å². The zero-order chi connectivity index (χ0) is 10.8. The summed E-state index contributed by atoms with van der Waals surface area (Å²) in [6.07, 6.45) is 4.88. The van der Waals surface area contributed by atoms with Crippen LogP contribution in [0.3, 0.4) is 0 Å². The van der Waals surface area contributed by atoms with Gasteiger partial charge in [-0.3, -0.25) is 4.79 Å². The highest BCUT2D eigenvalue weighted by Gasteiger charge is 2.11. The van der Waals surface area contributed by atoms with Gasteiger partial charge in [-0.05, 0) is 12.1 Å². The lowest BCUT2D eigenvalue weighted by atomic mass is 10.1. The summed E-state index contributed by atoms with van der Waals surface area (Å²) in [5.74, 6) is -0.508. The molecule has 0 radical (unpaired) electrons. The molecule has 76 valence electrons. The fourth-order valence-electron chi connectivity index (χ4n) is 1.44. The van der Waals surface area contributed by atoms with Gasteiger partial charge in [0.15, 0.2) is 0 Å². The third-order valence-corrected chi connectivity index (χ3v) is 2.10. The molecule has 0 aliphatic rings. The Balaban J connectivity index is 2.68. The second kappa shape index (κ2) is 3.45. The molecule has 0 atom stereocenters. The lowest BCUT2D eigenvalue weighted by Gasteiger charge is -2.09. The first-order valence-corrected chi connectivity index (χ1v) is 4.37. The van der Waals surface area contributed by atoms with Gasteiger partial charge in [-0.2, -0.15) is 0 Å². The second-order valence-electron chi connectivity index (χ2n) is 3.08. The highest BCUT2D eigenvalue weighted by molar-refractivity contribution is 5.98. The van der Waals surface area contributed by atoms with Crippen LogP contribution in [0.5, 0.6) is 0 Å². The third kappa shape index (κ3) is 1.54. The Kier molecular flexibility index (Phi) is 2.13. The van der Waals surface area contributed by atoms with E-state index in [1.165, 1.54) is 0 Å². The van der Waals surface area contributed by atoms with Crippen LogP contribution in [0.2, 0.25) is 0 Å². The number of nitrogens with two attached hydrogens (primary N) is 2. The van der Waals surface area contributed by atoms with E-state index in [1.807, 2.05) is 0 Å². The molecule has 15 heavy (non-hydrogen) atoms. The van der Waals surface area contributed by atoms with Crippen LogP contribution in [-0.2, 0) is 0 Å². The first-order chi connectivity index (χ1) is 7.20. The van der Waals surface area contributed by atoms with Crippen LogP contribution < -0.4 is 11.5 Å². The molecule has 5 nitrogen and oxygen atoms in total. The molecule has 0 bridgehead atoms. The minimum absolute atomic E-state index is 0.382. The van der Waals surface area contributed by atoms with E-state index >= 15 is 0 Å². The van der Waals surface area contributed by atoms with E-state index in [0.717, 1.165) is 0 Å². The van der Waals surface area contributed by atoms with Crippen LogP contribution in [0, 0.1) is 0 Å². The molecule has 0 spiro atoms. The van der Waals surface area contributed by atoms with Crippen LogP contribution in [-0.4, -0.2) is 15.5 Å². The second-order valence-corrected chi connectivity index (χ2v) is 3.08. The van der Waals surface area contributed by atoms with Gasteiger partial charge < -0.3 is 16.0 Å². The topological polar surface area (TPSA) is 86.9 Å². The predicted octanol–water partition coefficient (Wildman–Crippen LogP) is 0.553. The zero-order valence-electron chi connectivity index (χ0n) is 7.92. The van der Waals surface area contributed by atoms with Crippen molar-refractivity contribution in [2.45, 2.75) is 0 Å². The largest absolute Gasteiger partial charge is 0.397 e. The Bertz CT molecular complexity index is 490. The van der Waals surface area contributed by atoms with E-state index in [9.17, 15) is 4.79 Å². The Morgan fingerprint density at radius 2 is 2.20 bits per heavy atom. The number of carbonyl (C=O) groups is 1. The SMILES string of the molecule is NC(=O)c1cccc(N)c1-n1ccnc1. The number of carbonyl (C=O) groups excluding carboxylic acids is 1. The fraction of sp³-hybridized carbons (Fsp3) is 0. The molecular weight excluding hydrogens is 192 g/mol. The van der Waals surface area contributed by atoms with Crippen molar-refractivity contribution in [1.29, 1.82) is 0 Å². The van der Waals surface area contributed by atoms with E-state index in [2.05, 4.69) is 4.98 Å². The number of benzene rings is 1. The Labute approximate surface area is 86.3 Å². The van der Waals surface area contributed by atoms with Crippen molar-refractivity contribution < 1.29 is 4.79 Å². The standard InChI is InChI=1S/C10H10N4O/c11-8-3-1-2-7(10(12)15)9(8)14-5-4-13-6-14/h1-6H,11H2,(H2,12,15). The number of hydrogen-bond donors (Lipinski definition) is 2. The monoisotopic (exact) mass is 202 g/mol. The van der Waals surface area contributed by atoms with Gasteiger partial charge in [-0.25, -0.2) is 4.98 Å². The Morgan fingerprint density at radius 3 is 2.80 bits per heavy atom. The predicted molar refractivity (Wildman–Crippen MR) is 56.5 cm³/mol. The van der Waals surface area contributed by atoms with Crippen molar-refractivity contribution in [3.8, 4) is 5.69 Å². The molecule has 1 aromatic carbocycles. The summed E-state index contributed by atoms with van der Waals surface area (Å²) in [7, 11) is 0. The van der Waals surface area contributed by atoms with Crippen LogP contribution >= 0.6 is 0 Å². The van der Waals surface area contributed by atoms with E-state index in [1.54, 1.807) is 41.5 Å². The van der Waals surface area contributed by atoms with E-state index in [-0.39, 0.29) is 0 Å². The summed E-state index contributed by atoms with van der Waals surface area (Å²) >= 11 is 0. The summed E-state index contributed by atoms with van der Waals surface area (Å²) in [6.45, 7) is 0. The number of imidazole rings is 1. The number of nitrogens with zero attached hydrogens (tertiary/aromatic N) is 2. The Morgan fingerprint density at radius 1 is 1.40 bits per heavy atom. The lowest BCUT2D eigenvalue weighted by Crippen LogP contribution is -2.15. The molecule has 4 N–H and O–H groups in total. The molecule has 2 rings (SSSR count). The van der Waals surface area contributed by atoms with Gasteiger partial charge in [0.2, 0.25) is 0 Å². The molecule has 2 aromatic rings. The van der Waals surface area contributed by atoms with Crippen molar-refractivity contribution in [2.75, 3.05) is 5.73 Å². The quantitative estimate of drug-likeness (QED) is 0.697. The maximum Gasteiger partial charge on any atom is 0.250 e. The highest BCUT2D eigenvalue weighted by atomic mass is 16.1. The van der Waals surface area contributed by atoms with E-state index in [0.29, 0.717) is 16.9 Å². The molecule has 1 aromatic heterocycles. The molecule has 0 aliphatic heterocycles. The third-order valence-electron chi connectivity index (χ3n) is 2.10. The minimum Gasteiger partial charge on any atom is -0.397 e. The first kappa shape index (κ1) is 9.26. The van der Waals surface area contributed by atoms with Crippen LogP contribution in [0.1, 0.15) is 10.4 Å². The average Bonchev–Trinajstić information content (AvgIpc) is 2.70. The first-order valence-electron chi connectivity index (χ1n) is 4.37. The molecule has 5 heteroatoms. The smallest absolute Gasteiger partial charge is 0.250 e. The summed E-state index contributed by atoms with van der Waals surface area (Å²) in [5, 5.41) is 0. The summed E-state index contributed by atoms with van der Waals surface area (Å²) in [5.41, 5.74) is 12.5. The molecule has 0 saturated carbocycles. The number of rotatable bonds is 2. The minimum atomic E-state index is -0.508.